The zero-order chi connectivity index (χ0) is 22.8. The molecule has 0 saturated heterocycles. The molecular weight excluding hydrogens is 414 g/mol. The van der Waals surface area contributed by atoms with Crippen LogP contribution in [0.25, 0.3) is 11.0 Å². The van der Waals surface area contributed by atoms with Crippen LogP contribution in [0.3, 0.4) is 0 Å². The zero-order valence-electron chi connectivity index (χ0n) is 18.7. The fraction of sp³-hybridized carbons (Fsp3) is 0.375. The van der Waals surface area contributed by atoms with E-state index in [0.29, 0.717) is 45.7 Å². The Kier molecular flexibility index (Phi) is 6.74. The summed E-state index contributed by atoms with van der Waals surface area (Å²) in [5, 5.41) is 0.524. The van der Waals surface area contributed by atoms with Crippen molar-refractivity contribution in [3.8, 4) is 0 Å². The summed E-state index contributed by atoms with van der Waals surface area (Å²) >= 11 is 0. The van der Waals surface area contributed by atoms with Crippen molar-refractivity contribution in [2.24, 2.45) is 0 Å². The lowest BCUT2D eigenvalue weighted by atomic mass is 10.1. The molecule has 2 aromatic carbocycles. The quantitative estimate of drug-likeness (QED) is 0.350. The molecule has 31 heavy (non-hydrogen) atoms. The molecule has 166 valence electrons. The van der Waals surface area contributed by atoms with Crippen LogP contribution in [0.4, 0.5) is 5.69 Å². The molecule has 0 bridgehead atoms. The first-order valence-electron chi connectivity index (χ1n) is 10.4. The predicted molar refractivity (Wildman–Crippen MR) is 122 cm³/mol. The van der Waals surface area contributed by atoms with Crippen molar-refractivity contribution in [1.29, 1.82) is 0 Å². The van der Waals surface area contributed by atoms with Crippen LogP contribution in [-0.2, 0) is 14.8 Å². The average molecular weight is 444 g/mol. The molecule has 1 aromatic heterocycles. The first-order chi connectivity index (χ1) is 14.6. The Bertz CT molecular complexity index is 1200. The number of anilines is 1. The van der Waals surface area contributed by atoms with Crippen LogP contribution in [0.1, 0.15) is 59.0 Å². The maximum Gasteiger partial charge on any atom is 0.342 e. The van der Waals surface area contributed by atoms with Gasteiger partial charge in [0.1, 0.15) is 16.9 Å². The summed E-state index contributed by atoms with van der Waals surface area (Å²) in [6.45, 7) is 9.62. The van der Waals surface area contributed by atoms with Crippen LogP contribution in [0.15, 0.2) is 39.6 Å². The summed E-state index contributed by atoms with van der Waals surface area (Å²) < 4.78 is 39.9. The Morgan fingerprint density at radius 2 is 1.71 bits per heavy atom. The number of carbonyl (C=O) groups is 1. The lowest BCUT2D eigenvalue weighted by Gasteiger charge is -2.14. The number of fused-ring (bicyclic) bond motifs is 1. The fourth-order valence-corrected chi connectivity index (χ4v) is 5.43. The first kappa shape index (κ1) is 22.9. The van der Waals surface area contributed by atoms with Gasteiger partial charge >= 0.3 is 5.97 Å². The number of benzene rings is 2. The lowest BCUT2D eigenvalue weighted by Crippen LogP contribution is -2.16. The van der Waals surface area contributed by atoms with Gasteiger partial charge in [0.25, 0.3) is 10.0 Å². The predicted octanol–water partition coefficient (Wildman–Crippen LogP) is 5.81. The topological polar surface area (TPSA) is 85.6 Å². The highest BCUT2D eigenvalue weighted by atomic mass is 32.2. The van der Waals surface area contributed by atoms with Crippen LogP contribution >= 0.6 is 0 Å². The number of sulfonamides is 1. The number of hydrogen-bond donors (Lipinski definition) is 1. The van der Waals surface area contributed by atoms with E-state index in [9.17, 15) is 13.2 Å². The Morgan fingerprint density at radius 3 is 2.35 bits per heavy atom. The molecule has 3 aromatic rings. The van der Waals surface area contributed by atoms with E-state index < -0.39 is 16.0 Å². The number of esters is 1. The number of nitrogens with one attached hydrogen (secondary N) is 1. The minimum atomic E-state index is -3.80. The first-order valence-corrected chi connectivity index (χ1v) is 11.9. The van der Waals surface area contributed by atoms with Crippen molar-refractivity contribution in [1.82, 2.24) is 0 Å². The summed E-state index contributed by atoms with van der Waals surface area (Å²) in [6, 6.07) is 8.58. The molecule has 7 heteroatoms. The van der Waals surface area contributed by atoms with Gasteiger partial charge in [-0.25, -0.2) is 13.2 Å². The summed E-state index contributed by atoms with van der Waals surface area (Å²) in [6.07, 6.45) is 2.83. The number of hydrogen-bond acceptors (Lipinski definition) is 5. The molecule has 0 aliphatic rings. The van der Waals surface area contributed by atoms with Crippen LogP contribution in [-0.4, -0.2) is 21.0 Å². The molecule has 0 amide bonds. The third-order valence-electron chi connectivity index (χ3n) is 5.17. The minimum absolute atomic E-state index is 0.261. The standard InChI is InChI=1S/C24H29NO5S/c1-6-7-8-11-29-24(26)22-18(5)30-21-10-9-19(14-20(21)22)25-31(27,28)23-16(3)12-15(2)13-17(23)4/h9-10,12-14,25H,6-8,11H2,1-5H3. The molecule has 0 radical (unpaired) electrons. The van der Waals surface area contributed by atoms with Gasteiger partial charge in [-0.3, -0.25) is 4.72 Å². The highest BCUT2D eigenvalue weighted by molar-refractivity contribution is 7.92. The third-order valence-corrected chi connectivity index (χ3v) is 6.86. The van der Waals surface area contributed by atoms with E-state index >= 15 is 0 Å². The second-order valence-electron chi connectivity index (χ2n) is 7.92. The zero-order valence-corrected chi connectivity index (χ0v) is 19.5. The molecule has 3 rings (SSSR count). The van der Waals surface area contributed by atoms with Gasteiger partial charge in [-0.1, -0.05) is 37.5 Å². The molecule has 1 N–H and O–H groups in total. The van der Waals surface area contributed by atoms with E-state index in [4.69, 9.17) is 9.15 Å². The van der Waals surface area contributed by atoms with Crippen molar-refractivity contribution in [2.45, 2.75) is 58.8 Å². The summed E-state index contributed by atoms with van der Waals surface area (Å²) in [5.74, 6) is -0.0155. The summed E-state index contributed by atoms with van der Waals surface area (Å²) in [4.78, 5) is 12.9. The highest BCUT2D eigenvalue weighted by Crippen LogP contribution is 2.31. The molecule has 0 spiro atoms. The van der Waals surface area contributed by atoms with Crippen LogP contribution in [0.5, 0.6) is 0 Å². The SMILES string of the molecule is CCCCCOC(=O)c1c(C)oc2ccc(NS(=O)(=O)c3c(C)cc(C)cc3C)cc12. The maximum atomic E-state index is 13.1. The normalized spacial score (nSPS) is 11.6. The van der Waals surface area contributed by atoms with E-state index in [1.165, 1.54) is 0 Å². The van der Waals surface area contributed by atoms with Gasteiger partial charge in [-0.2, -0.15) is 0 Å². The van der Waals surface area contributed by atoms with Crippen molar-refractivity contribution in [3.63, 3.8) is 0 Å². The molecule has 0 aliphatic carbocycles. The second-order valence-corrected chi connectivity index (χ2v) is 9.54. The number of aryl methyl sites for hydroxylation is 4. The molecule has 0 saturated carbocycles. The van der Waals surface area contributed by atoms with Gasteiger partial charge in [0.2, 0.25) is 0 Å². The summed E-state index contributed by atoms with van der Waals surface area (Å²) in [5.41, 5.74) is 3.56. The molecule has 0 fully saturated rings. The smallest absolute Gasteiger partial charge is 0.342 e. The largest absolute Gasteiger partial charge is 0.462 e. The number of ether oxygens (including phenoxy) is 1. The Balaban J connectivity index is 1.93. The second kappa shape index (κ2) is 9.14. The van der Waals surface area contributed by atoms with Crippen molar-refractivity contribution >= 4 is 32.6 Å². The van der Waals surface area contributed by atoms with Gasteiger partial charge < -0.3 is 9.15 Å². The van der Waals surface area contributed by atoms with Crippen molar-refractivity contribution < 1.29 is 22.4 Å². The fourth-order valence-electron chi connectivity index (χ4n) is 3.92. The van der Waals surface area contributed by atoms with E-state index in [1.807, 2.05) is 19.1 Å². The number of furan rings is 1. The number of rotatable bonds is 8. The van der Waals surface area contributed by atoms with Gasteiger partial charge in [0.05, 0.1) is 11.5 Å². The maximum absolute atomic E-state index is 13.1. The van der Waals surface area contributed by atoms with Crippen LogP contribution in [0.2, 0.25) is 0 Å². The van der Waals surface area contributed by atoms with E-state index in [0.717, 1.165) is 24.8 Å². The Hall–Kier alpha value is -2.80. The third kappa shape index (κ3) is 4.93. The molecule has 0 atom stereocenters. The molecule has 0 unspecified atom stereocenters. The molecule has 1 heterocycles. The van der Waals surface area contributed by atoms with Crippen molar-refractivity contribution in [3.05, 3.63) is 58.3 Å². The average Bonchev–Trinajstić information content (AvgIpc) is 2.98. The Morgan fingerprint density at radius 1 is 1.03 bits per heavy atom. The van der Waals surface area contributed by atoms with Crippen LogP contribution < -0.4 is 4.72 Å². The molecule has 6 nitrogen and oxygen atoms in total. The van der Waals surface area contributed by atoms with Gasteiger partial charge in [-0.15, -0.1) is 0 Å². The highest BCUT2D eigenvalue weighted by Gasteiger charge is 2.23. The molecular formula is C24H29NO5S. The van der Waals surface area contributed by atoms with Gasteiger partial charge in [0, 0.05) is 11.1 Å². The van der Waals surface area contributed by atoms with E-state index in [-0.39, 0.29) is 4.90 Å². The molecule has 0 aliphatic heterocycles. The summed E-state index contributed by atoms with van der Waals surface area (Å²) in [7, 11) is -3.80. The van der Waals surface area contributed by atoms with E-state index in [1.54, 1.807) is 39.0 Å². The van der Waals surface area contributed by atoms with Crippen molar-refractivity contribution in [2.75, 3.05) is 11.3 Å². The minimum Gasteiger partial charge on any atom is -0.462 e. The Labute approximate surface area is 183 Å². The van der Waals surface area contributed by atoms with Gasteiger partial charge in [-0.05, 0) is 63.4 Å². The van der Waals surface area contributed by atoms with Gasteiger partial charge in [0.15, 0.2) is 0 Å². The monoisotopic (exact) mass is 443 g/mol. The number of carbonyl (C=O) groups excluding carboxylic acids is 1. The van der Waals surface area contributed by atoms with Crippen LogP contribution in [0, 0.1) is 27.7 Å². The van der Waals surface area contributed by atoms with E-state index in [2.05, 4.69) is 11.6 Å². The number of unbranched alkanes of at least 4 members (excludes halogenated alkanes) is 2. The lowest BCUT2D eigenvalue weighted by molar-refractivity contribution is 0.0498.